The van der Waals surface area contributed by atoms with Gasteiger partial charge in [-0.25, -0.2) is 4.98 Å². The number of rotatable bonds is 3. The van der Waals surface area contributed by atoms with Crippen LogP contribution in [-0.2, 0) is 0 Å². The second-order valence-electron chi connectivity index (χ2n) is 5.43. The van der Waals surface area contributed by atoms with E-state index in [4.69, 9.17) is 0 Å². The Bertz CT molecular complexity index is 907. The fraction of sp³-hybridized carbons (Fsp3) is 0.118. The van der Waals surface area contributed by atoms with Gasteiger partial charge in [0.1, 0.15) is 0 Å². The molecule has 1 aromatic heterocycles. The number of anilines is 1. The number of nitrogens with zero attached hydrogens (tertiary/aromatic N) is 3. The summed E-state index contributed by atoms with van der Waals surface area (Å²) >= 11 is 0. The first-order valence-electron chi connectivity index (χ1n) is 7.01. The Morgan fingerprint density at radius 1 is 1.09 bits per heavy atom. The van der Waals surface area contributed by atoms with Crippen LogP contribution < -0.4 is 4.90 Å². The zero-order valence-electron chi connectivity index (χ0n) is 12.7. The second-order valence-corrected chi connectivity index (χ2v) is 5.43. The Hall–Kier alpha value is -3.15. The number of nitro groups is 1. The lowest BCUT2D eigenvalue weighted by Gasteiger charge is -2.13. The van der Waals surface area contributed by atoms with Crippen LogP contribution in [0.25, 0.3) is 22.2 Å². The Morgan fingerprint density at radius 3 is 2.52 bits per heavy atom. The number of phenolic OH excluding ortho intramolecular Hbond substituents is 1. The molecule has 1 N–H and O–H groups in total. The summed E-state index contributed by atoms with van der Waals surface area (Å²) in [5, 5.41) is 21.5. The van der Waals surface area contributed by atoms with Crippen molar-refractivity contribution in [1.29, 1.82) is 0 Å². The first-order chi connectivity index (χ1) is 11.0. The van der Waals surface area contributed by atoms with E-state index in [1.807, 2.05) is 49.3 Å². The number of nitro benzene ring substituents is 1. The zero-order valence-corrected chi connectivity index (χ0v) is 12.7. The van der Waals surface area contributed by atoms with Gasteiger partial charge in [0.15, 0.2) is 5.75 Å². The lowest BCUT2D eigenvalue weighted by Crippen LogP contribution is -2.08. The molecular weight excluding hydrogens is 294 g/mol. The summed E-state index contributed by atoms with van der Waals surface area (Å²) in [4.78, 5) is 16.7. The van der Waals surface area contributed by atoms with Gasteiger partial charge in [-0.05, 0) is 36.4 Å². The van der Waals surface area contributed by atoms with Crippen LogP contribution in [0.5, 0.6) is 5.75 Å². The number of benzene rings is 2. The molecular formula is C17H15N3O3. The van der Waals surface area contributed by atoms with E-state index in [0.29, 0.717) is 11.3 Å². The van der Waals surface area contributed by atoms with Gasteiger partial charge in [0.2, 0.25) is 0 Å². The van der Waals surface area contributed by atoms with Crippen LogP contribution in [0.15, 0.2) is 48.5 Å². The van der Waals surface area contributed by atoms with Gasteiger partial charge >= 0.3 is 5.69 Å². The number of hydrogen-bond acceptors (Lipinski definition) is 5. The molecule has 0 amide bonds. The van der Waals surface area contributed by atoms with E-state index in [1.165, 1.54) is 12.1 Å². The topological polar surface area (TPSA) is 79.5 Å². The Balaban J connectivity index is 2.05. The van der Waals surface area contributed by atoms with Gasteiger partial charge in [0, 0.05) is 36.8 Å². The molecule has 0 unspecified atom stereocenters. The fourth-order valence-electron chi connectivity index (χ4n) is 2.39. The van der Waals surface area contributed by atoms with Crippen molar-refractivity contribution < 1.29 is 10.0 Å². The van der Waals surface area contributed by atoms with Crippen molar-refractivity contribution in [3.8, 4) is 17.0 Å². The predicted molar refractivity (Wildman–Crippen MR) is 89.8 cm³/mol. The Kier molecular flexibility index (Phi) is 3.57. The number of aromatic nitrogens is 1. The third-order valence-electron chi connectivity index (χ3n) is 3.66. The minimum Gasteiger partial charge on any atom is -0.502 e. The number of hydrogen-bond donors (Lipinski definition) is 1. The summed E-state index contributed by atoms with van der Waals surface area (Å²) in [7, 11) is 3.95. The molecule has 0 aliphatic heterocycles. The van der Waals surface area contributed by atoms with E-state index in [-0.39, 0.29) is 11.4 Å². The van der Waals surface area contributed by atoms with Crippen molar-refractivity contribution in [2.75, 3.05) is 19.0 Å². The molecule has 0 aliphatic carbocycles. The van der Waals surface area contributed by atoms with Gasteiger partial charge in [-0.15, -0.1) is 0 Å². The maximum atomic E-state index is 10.8. The molecule has 1 heterocycles. The van der Waals surface area contributed by atoms with Crippen LogP contribution in [0.4, 0.5) is 11.4 Å². The quantitative estimate of drug-likeness (QED) is 0.591. The molecule has 3 aromatic rings. The number of fused-ring (bicyclic) bond motifs is 1. The van der Waals surface area contributed by atoms with Crippen LogP contribution in [0.3, 0.4) is 0 Å². The molecule has 2 aromatic carbocycles. The largest absolute Gasteiger partial charge is 0.502 e. The smallest absolute Gasteiger partial charge is 0.310 e. The number of aromatic hydroxyl groups is 1. The molecule has 0 saturated heterocycles. The SMILES string of the molecule is CN(C)c1ccc2nc(-c3ccc([N+](=O)[O-])c(O)c3)ccc2c1. The van der Waals surface area contributed by atoms with Crippen molar-refractivity contribution in [3.05, 3.63) is 58.6 Å². The first kappa shape index (κ1) is 14.8. The molecule has 3 rings (SSSR count). The predicted octanol–water partition coefficient (Wildman–Crippen LogP) is 3.58. The van der Waals surface area contributed by atoms with Crippen LogP contribution in [-0.4, -0.2) is 29.1 Å². The summed E-state index contributed by atoms with van der Waals surface area (Å²) in [6.07, 6.45) is 0. The monoisotopic (exact) mass is 309 g/mol. The molecule has 0 bridgehead atoms. The molecule has 0 spiro atoms. The average molecular weight is 309 g/mol. The van der Waals surface area contributed by atoms with Crippen LogP contribution in [0, 0.1) is 10.1 Å². The van der Waals surface area contributed by atoms with E-state index >= 15 is 0 Å². The van der Waals surface area contributed by atoms with E-state index in [0.717, 1.165) is 16.6 Å². The molecule has 6 nitrogen and oxygen atoms in total. The standard InChI is InChI=1S/C17H15N3O3/c1-19(2)13-5-7-15-11(9-13)3-6-14(18-15)12-4-8-16(20(22)23)17(21)10-12/h3-10,21H,1-2H3. The van der Waals surface area contributed by atoms with Crippen molar-refractivity contribution in [1.82, 2.24) is 4.98 Å². The molecule has 0 aliphatic rings. The highest BCUT2D eigenvalue weighted by atomic mass is 16.6. The lowest BCUT2D eigenvalue weighted by atomic mass is 10.1. The van der Waals surface area contributed by atoms with Crippen LogP contribution in [0.1, 0.15) is 0 Å². The summed E-state index contributed by atoms with van der Waals surface area (Å²) in [5.41, 5.74) is 2.88. The van der Waals surface area contributed by atoms with Crippen molar-refractivity contribution in [3.63, 3.8) is 0 Å². The summed E-state index contributed by atoms with van der Waals surface area (Å²) in [6, 6.07) is 14.0. The Labute approximate surface area is 132 Å². The minimum atomic E-state index is -0.615. The fourth-order valence-corrected chi connectivity index (χ4v) is 2.39. The van der Waals surface area contributed by atoms with Gasteiger partial charge in [-0.3, -0.25) is 10.1 Å². The van der Waals surface area contributed by atoms with E-state index in [2.05, 4.69) is 4.98 Å². The summed E-state index contributed by atoms with van der Waals surface area (Å²) in [6.45, 7) is 0. The van der Waals surface area contributed by atoms with Gasteiger partial charge < -0.3 is 10.0 Å². The average Bonchev–Trinajstić information content (AvgIpc) is 2.53. The van der Waals surface area contributed by atoms with Crippen molar-refractivity contribution in [2.45, 2.75) is 0 Å². The molecule has 116 valence electrons. The van der Waals surface area contributed by atoms with E-state index < -0.39 is 4.92 Å². The third-order valence-corrected chi connectivity index (χ3v) is 3.66. The summed E-state index contributed by atoms with van der Waals surface area (Å²) < 4.78 is 0. The normalized spacial score (nSPS) is 10.7. The number of phenols is 1. The molecule has 0 atom stereocenters. The van der Waals surface area contributed by atoms with Gasteiger partial charge in [0.25, 0.3) is 0 Å². The highest BCUT2D eigenvalue weighted by Crippen LogP contribution is 2.31. The molecule has 23 heavy (non-hydrogen) atoms. The van der Waals surface area contributed by atoms with Crippen LogP contribution >= 0.6 is 0 Å². The molecule has 0 radical (unpaired) electrons. The highest BCUT2D eigenvalue weighted by molar-refractivity contribution is 5.85. The van der Waals surface area contributed by atoms with Gasteiger partial charge in [-0.2, -0.15) is 0 Å². The van der Waals surface area contributed by atoms with E-state index in [9.17, 15) is 15.2 Å². The maximum absolute atomic E-state index is 10.8. The second kappa shape index (κ2) is 5.57. The third kappa shape index (κ3) is 2.78. The van der Waals surface area contributed by atoms with Gasteiger partial charge in [0.05, 0.1) is 16.1 Å². The lowest BCUT2D eigenvalue weighted by molar-refractivity contribution is -0.385. The minimum absolute atomic E-state index is 0.315. The molecule has 6 heteroatoms. The zero-order chi connectivity index (χ0) is 16.6. The maximum Gasteiger partial charge on any atom is 0.310 e. The molecule has 0 saturated carbocycles. The van der Waals surface area contributed by atoms with Crippen molar-refractivity contribution >= 4 is 22.3 Å². The first-order valence-corrected chi connectivity index (χ1v) is 7.01. The summed E-state index contributed by atoms with van der Waals surface area (Å²) in [5.74, 6) is -0.364. The molecule has 0 fully saturated rings. The van der Waals surface area contributed by atoms with E-state index in [1.54, 1.807) is 6.07 Å². The Morgan fingerprint density at radius 2 is 1.87 bits per heavy atom. The van der Waals surface area contributed by atoms with Crippen LogP contribution in [0.2, 0.25) is 0 Å². The van der Waals surface area contributed by atoms with Gasteiger partial charge in [-0.1, -0.05) is 6.07 Å². The highest BCUT2D eigenvalue weighted by Gasteiger charge is 2.14. The number of pyridine rings is 1. The van der Waals surface area contributed by atoms with Crippen molar-refractivity contribution in [2.24, 2.45) is 0 Å².